The molecule has 0 saturated heterocycles. The van der Waals surface area contributed by atoms with Crippen LogP contribution in [-0.2, 0) is 16.0 Å². The molecule has 1 unspecified atom stereocenters. The molecule has 6 heteroatoms. The van der Waals surface area contributed by atoms with E-state index in [0.29, 0.717) is 19.4 Å². The van der Waals surface area contributed by atoms with E-state index in [2.05, 4.69) is 10.6 Å². The standard InChI is InChI=1S/C18H28N2O4/c1-5-19-16(22)15(21)14(20-17(23)24-18(2,3)4)12-11-13-9-7-6-8-10-13/h6-10,14-15,21H,5,11-12H2,1-4H3,(H,19,22)(H,20,23)/t14-,15?/m0/s1. The predicted octanol–water partition coefficient (Wildman–Crippen LogP) is 2.01. The average molecular weight is 336 g/mol. The Morgan fingerprint density at radius 3 is 2.38 bits per heavy atom. The number of aryl methyl sites for hydroxylation is 1. The molecule has 0 aliphatic carbocycles. The minimum Gasteiger partial charge on any atom is -0.444 e. The van der Waals surface area contributed by atoms with Crippen molar-refractivity contribution in [3.05, 3.63) is 35.9 Å². The lowest BCUT2D eigenvalue weighted by Gasteiger charge is -2.26. The van der Waals surface area contributed by atoms with Crippen molar-refractivity contribution in [2.24, 2.45) is 0 Å². The molecule has 1 aromatic rings. The molecule has 0 aliphatic rings. The van der Waals surface area contributed by atoms with E-state index < -0.39 is 29.7 Å². The van der Waals surface area contributed by atoms with E-state index >= 15 is 0 Å². The van der Waals surface area contributed by atoms with Crippen LogP contribution in [-0.4, -0.2) is 41.4 Å². The molecule has 1 rings (SSSR count). The van der Waals surface area contributed by atoms with Crippen molar-refractivity contribution in [3.8, 4) is 0 Å². The van der Waals surface area contributed by atoms with Gasteiger partial charge in [-0.2, -0.15) is 0 Å². The Bertz CT molecular complexity index is 526. The zero-order valence-corrected chi connectivity index (χ0v) is 14.8. The molecule has 0 radical (unpaired) electrons. The van der Waals surface area contributed by atoms with Crippen LogP contribution in [0.3, 0.4) is 0 Å². The van der Waals surface area contributed by atoms with Gasteiger partial charge in [0.1, 0.15) is 5.60 Å². The van der Waals surface area contributed by atoms with Gasteiger partial charge >= 0.3 is 6.09 Å². The topological polar surface area (TPSA) is 87.7 Å². The van der Waals surface area contributed by atoms with Gasteiger partial charge in [0.15, 0.2) is 6.10 Å². The highest BCUT2D eigenvalue weighted by Crippen LogP contribution is 2.11. The first-order chi connectivity index (χ1) is 11.2. The van der Waals surface area contributed by atoms with Crippen LogP contribution in [0.5, 0.6) is 0 Å². The highest BCUT2D eigenvalue weighted by atomic mass is 16.6. The van der Waals surface area contributed by atoms with E-state index in [1.54, 1.807) is 27.7 Å². The summed E-state index contributed by atoms with van der Waals surface area (Å²) in [5.74, 6) is -0.508. The van der Waals surface area contributed by atoms with Crippen LogP contribution in [0, 0.1) is 0 Å². The Labute approximate surface area is 143 Å². The zero-order chi connectivity index (χ0) is 18.2. The molecular formula is C18H28N2O4. The SMILES string of the molecule is CCNC(=O)C(O)[C@H](CCc1ccccc1)NC(=O)OC(C)(C)C. The van der Waals surface area contributed by atoms with Crippen molar-refractivity contribution in [3.63, 3.8) is 0 Å². The molecule has 0 fully saturated rings. The summed E-state index contributed by atoms with van der Waals surface area (Å²) in [5, 5.41) is 15.4. The molecule has 0 bridgehead atoms. The van der Waals surface area contributed by atoms with Crippen molar-refractivity contribution in [2.75, 3.05) is 6.54 Å². The Hall–Kier alpha value is -2.08. The second-order valence-corrected chi connectivity index (χ2v) is 6.62. The quantitative estimate of drug-likeness (QED) is 0.711. The number of ether oxygens (including phenoxy) is 1. The van der Waals surface area contributed by atoms with Crippen molar-refractivity contribution in [2.45, 2.75) is 58.3 Å². The molecule has 0 aromatic heterocycles. The van der Waals surface area contributed by atoms with Gasteiger partial charge in [-0.15, -0.1) is 0 Å². The summed E-state index contributed by atoms with van der Waals surface area (Å²) in [6, 6.07) is 8.96. The molecule has 0 saturated carbocycles. The summed E-state index contributed by atoms with van der Waals surface area (Å²) in [6.45, 7) is 7.45. The van der Waals surface area contributed by atoms with Gasteiger partial charge in [-0.1, -0.05) is 30.3 Å². The fourth-order valence-corrected chi connectivity index (χ4v) is 2.20. The fourth-order valence-electron chi connectivity index (χ4n) is 2.20. The Kier molecular flexibility index (Phi) is 7.71. The zero-order valence-electron chi connectivity index (χ0n) is 14.8. The average Bonchev–Trinajstić information content (AvgIpc) is 2.50. The fraction of sp³-hybridized carbons (Fsp3) is 0.556. The van der Waals surface area contributed by atoms with Gasteiger partial charge in [-0.25, -0.2) is 4.79 Å². The number of hydrogen-bond donors (Lipinski definition) is 3. The third kappa shape index (κ3) is 7.46. The molecule has 2 amide bonds. The second kappa shape index (κ2) is 9.27. The van der Waals surface area contributed by atoms with Crippen LogP contribution in [0.2, 0.25) is 0 Å². The number of carbonyl (C=O) groups excluding carboxylic acids is 2. The van der Waals surface area contributed by atoms with E-state index in [1.807, 2.05) is 30.3 Å². The third-order valence-corrected chi connectivity index (χ3v) is 3.29. The minimum atomic E-state index is -1.33. The van der Waals surface area contributed by atoms with Gasteiger partial charge in [0.25, 0.3) is 5.91 Å². The van der Waals surface area contributed by atoms with Crippen molar-refractivity contribution in [1.82, 2.24) is 10.6 Å². The number of likely N-dealkylation sites (N-methyl/N-ethyl adjacent to an activating group) is 1. The number of hydrogen-bond acceptors (Lipinski definition) is 4. The maximum absolute atomic E-state index is 12.0. The second-order valence-electron chi connectivity index (χ2n) is 6.62. The summed E-state index contributed by atoms with van der Waals surface area (Å²) in [5.41, 5.74) is 0.418. The summed E-state index contributed by atoms with van der Waals surface area (Å²) >= 11 is 0. The molecule has 6 nitrogen and oxygen atoms in total. The Morgan fingerprint density at radius 1 is 1.21 bits per heavy atom. The maximum Gasteiger partial charge on any atom is 0.407 e. The number of carbonyl (C=O) groups is 2. The molecule has 3 N–H and O–H groups in total. The van der Waals surface area contributed by atoms with Gasteiger partial charge in [-0.3, -0.25) is 4.79 Å². The molecule has 0 spiro atoms. The Balaban J connectivity index is 2.74. The number of rotatable bonds is 7. The highest BCUT2D eigenvalue weighted by molar-refractivity contribution is 5.82. The van der Waals surface area contributed by atoms with E-state index in [4.69, 9.17) is 4.74 Å². The Morgan fingerprint density at radius 2 is 1.83 bits per heavy atom. The number of nitrogens with one attached hydrogen (secondary N) is 2. The van der Waals surface area contributed by atoms with E-state index in [0.717, 1.165) is 5.56 Å². The lowest BCUT2D eigenvalue weighted by Crippen LogP contribution is -2.51. The number of benzene rings is 1. The lowest BCUT2D eigenvalue weighted by molar-refractivity contribution is -0.130. The normalized spacial score (nSPS) is 13.7. The van der Waals surface area contributed by atoms with Gasteiger partial charge in [0.2, 0.25) is 0 Å². The molecule has 0 heterocycles. The van der Waals surface area contributed by atoms with E-state index in [9.17, 15) is 14.7 Å². The van der Waals surface area contributed by atoms with Crippen molar-refractivity contribution >= 4 is 12.0 Å². The summed E-state index contributed by atoms with van der Waals surface area (Å²) in [7, 11) is 0. The molecular weight excluding hydrogens is 308 g/mol. The predicted molar refractivity (Wildman–Crippen MR) is 92.6 cm³/mol. The van der Waals surface area contributed by atoms with Gasteiger partial charge in [-0.05, 0) is 46.1 Å². The number of alkyl carbamates (subject to hydrolysis) is 1. The molecule has 0 aliphatic heterocycles. The highest BCUT2D eigenvalue weighted by Gasteiger charge is 2.28. The van der Waals surface area contributed by atoms with Crippen LogP contribution in [0.1, 0.15) is 39.7 Å². The van der Waals surface area contributed by atoms with Crippen LogP contribution >= 0.6 is 0 Å². The lowest BCUT2D eigenvalue weighted by atomic mass is 10.0. The molecule has 24 heavy (non-hydrogen) atoms. The first-order valence-electron chi connectivity index (χ1n) is 8.22. The molecule has 1 aromatic carbocycles. The van der Waals surface area contributed by atoms with E-state index in [1.165, 1.54) is 0 Å². The number of aliphatic hydroxyl groups is 1. The monoisotopic (exact) mass is 336 g/mol. The first-order valence-corrected chi connectivity index (χ1v) is 8.22. The first kappa shape index (κ1) is 20.0. The molecule has 134 valence electrons. The summed E-state index contributed by atoms with van der Waals surface area (Å²) in [4.78, 5) is 23.9. The van der Waals surface area contributed by atoms with Crippen LogP contribution in [0.15, 0.2) is 30.3 Å². The van der Waals surface area contributed by atoms with Crippen LogP contribution in [0.25, 0.3) is 0 Å². The van der Waals surface area contributed by atoms with Gasteiger partial charge < -0.3 is 20.5 Å². The number of amides is 2. The third-order valence-electron chi connectivity index (χ3n) is 3.29. The van der Waals surface area contributed by atoms with Gasteiger partial charge in [0.05, 0.1) is 6.04 Å². The van der Waals surface area contributed by atoms with Crippen LogP contribution in [0.4, 0.5) is 4.79 Å². The number of aliphatic hydroxyl groups excluding tert-OH is 1. The summed E-state index contributed by atoms with van der Waals surface area (Å²) < 4.78 is 5.22. The molecule has 2 atom stereocenters. The maximum atomic E-state index is 12.0. The minimum absolute atomic E-state index is 0.410. The summed E-state index contributed by atoms with van der Waals surface area (Å²) in [6.07, 6.45) is -0.940. The van der Waals surface area contributed by atoms with Gasteiger partial charge in [0, 0.05) is 6.54 Å². The smallest absolute Gasteiger partial charge is 0.407 e. The van der Waals surface area contributed by atoms with E-state index in [-0.39, 0.29) is 0 Å². The van der Waals surface area contributed by atoms with Crippen molar-refractivity contribution < 1.29 is 19.4 Å². The largest absolute Gasteiger partial charge is 0.444 e. The van der Waals surface area contributed by atoms with Crippen molar-refractivity contribution in [1.29, 1.82) is 0 Å². The van der Waals surface area contributed by atoms with Crippen LogP contribution < -0.4 is 10.6 Å².